The molecule has 1 aliphatic heterocycles. The quantitative estimate of drug-likeness (QED) is 0.787. The number of carbonyl (C=O) groups is 1. The number of amides is 1. The molecule has 10 heteroatoms. The van der Waals surface area contributed by atoms with E-state index in [1.54, 1.807) is 26.1 Å². The summed E-state index contributed by atoms with van der Waals surface area (Å²) in [6.45, 7) is 5.80. The van der Waals surface area contributed by atoms with Crippen molar-refractivity contribution >= 4 is 34.8 Å². The first kappa shape index (κ1) is 20.2. The lowest BCUT2D eigenvalue weighted by Gasteiger charge is -2.18. The zero-order valence-electron chi connectivity index (χ0n) is 15.8. The fraction of sp³-hybridized carbons (Fsp3) is 0.333. The zero-order valence-corrected chi connectivity index (χ0v) is 17.3. The van der Waals surface area contributed by atoms with Gasteiger partial charge in [-0.15, -0.1) is 5.10 Å². The normalized spacial score (nSPS) is 13.8. The van der Waals surface area contributed by atoms with Crippen molar-refractivity contribution in [3.63, 3.8) is 0 Å². The minimum absolute atomic E-state index is 0.00516. The molecule has 0 saturated carbocycles. The van der Waals surface area contributed by atoms with Crippen LogP contribution in [0.5, 0.6) is 11.6 Å². The summed E-state index contributed by atoms with van der Waals surface area (Å²) in [6, 6.07) is 3.14. The molecule has 8 nitrogen and oxygen atoms in total. The number of aryl methyl sites for hydroxylation is 1. The highest BCUT2D eigenvalue weighted by molar-refractivity contribution is 6.47. The molecule has 0 atom stereocenters. The molecule has 1 aromatic carbocycles. The van der Waals surface area contributed by atoms with Gasteiger partial charge in [-0.25, -0.2) is 4.68 Å². The van der Waals surface area contributed by atoms with Crippen molar-refractivity contribution < 1.29 is 9.53 Å². The summed E-state index contributed by atoms with van der Waals surface area (Å²) < 4.78 is 7.03. The summed E-state index contributed by atoms with van der Waals surface area (Å²) in [5.74, 6) is 0.0461. The maximum atomic E-state index is 12.2. The molecular weight excluding hydrogens is 405 g/mol. The number of nitrogens with one attached hydrogen (secondary N) is 2. The smallest absolute Gasteiger partial charge is 0.273 e. The predicted molar refractivity (Wildman–Crippen MR) is 108 cm³/mol. The molecule has 28 heavy (non-hydrogen) atoms. The molecule has 0 fully saturated rings. The van der Waals surface area contributed by atoms with Gasteiger partial charge in [-0.3, -0.25) is 15.0 Å². The minimum Gasteiger partial charge on any atom is -0.434 e. The fourth-order valence-corrected chi connectivity index (χ4v) is 3.29. The van der Waals surface area contributed by atoms with Crippen molar-refractivity contribution in [1.82, 2.24) is 20.5 Å². The number of halogens is 2. The number of ether oxygens (including phenoxy) is 1. The largest absolute Gasteiger partial charge is 0.434 e. The zero-order chi connectivity index (χ0) is 20.6. The predicted octanol–water partition coefficient (Wildman–Crippen LogP) is 2.69. The second kappa shape index (κ2) is 7.81. The van der Waals surface area contributed by atoms with Crippen LogP contribution in [0.1, 0.15) is 36.5 Å². The Kier molecular flexibility index (Phi) is 5.62. The van der Waals surface area contributed by atoms with Crippen LogP contribution in [0.4, 0.5) is 0 Å². The standard InChI is InChI=1S/C18H19Cl2N5O3/c1-8(2)10-6-13(24-25(4)18(10)27)28-16-12(19)5-11(9(3)14(16)20)15-17(26)21-7-22-23-15/h5-6,8,22H,7H2,1-4H3,(H,21,26). The summed E-state index contributed by atoms with van der Waals surface area (Å²) in [6.07, 6.45) is 0. The van der Waals surface area contributed by atoms with E-state index in [-0.39, 0.29) is 51.4 Å². The first-order valence-corrected chi connectivity index (χ1v) is 9.30. The van der Waals surface area contributed by atoms with Gasteiger partial charge in [0.1, 0.15) is 6.67 Å². The fourth-order valence-electron chi connectivity index (χ4n) is 2.76. The third kappa shape index (κ3) is 3.70. The van der Waals surface area contributed by atoms with Gasteiger partial charge in [-0.2, -0.15) is 5.10 Å². The average molecular weight is 424 g/mol. The van der Waals surface area contributed by atoms with E-state index in [2.05, 4.69) is 20.9 Å². The van der Waals surface area contributed by atoms with Crippen LogP contribution < -0.4 is 21.0 Å². The number of hydrogen-bond acceptors (Lipinski definition) is 6. The number of rotatable bonds is 4. The molecule has 0 saturated heterocycles. The molecule has 1 aliphatic rings. The van der Waals surface area contributed by atoms with Gasteiger partial charge in [0.25, 0.3) is 11.5 Å². The molecule has 2 heterocycles. The number of hydrogen-bond donors (Lipinski definition) is 2. The van der Waals surface area contributed by atoms with Gasteiger partial charge >= 0.3 is 0 Å². The van der Waals surface area contributed by atoms with E-state index in [4.69, 9.17) is 27.9 Å². The van der Waals surface area contributed by atoms with Crippen LogP contribution in [-0.2, 0) is 11.8 Å². The van der Waals surface area contributed by atoms with E-state index in [1.165, 1.54) is 4.68 Å². The lowest BCUT2D eigenvalue weighted by Crippen LogP contribution is -2.43. The van der Waals surface area contributed by atoms with E-state index in [1.807, 2.05) is 13.8 Å². The van der Waals surface area contributed by atoms with Gasteiger partial charge in [-0.1, -0.05) is 37.0 Å². The molecule has 1 aromatic heterocycles. The van der Waals surface area contributed by atoms with E-state index >= 15 is 0 Å². The number of aromatic nitrogens is 2. The van der Waals surface area contributed by atoms with Crippen LogP contribution in [0.2, 0.25) is 10.0 Å². The van der Waals surface area contributed by atoms with Crippen LogP contribution in [0.25, 0.3) is 0 Å². The monoisotopic (exact) mass is 423 g/mol. The Labute approximate surface area is 171 Å². The van der Waals surface area contributed by atoms with E-state index < -0.39 is 0 Å². The highest BCUT2D eigenvalue weighted by Gasteiger charge is 2.24. The molecule has 0 unspecified atom stereocenters. The summed E-state index contributed by atoms with van der Waals surface area (Å²) in [7, 11) is 1.55. The molecule has 3 rings (SSSR count). The Morgan fingerprint density at radius 1 is 1.25 bits per heavy atom. The molecule has 2 aromatic rings. The maximum Gasteiger partial charge on any atom is 0.273 e. The van der Waals surface area contributed by atoms with Crippen molar-refractivity contribution in [1.29, 1.82) is 0 Å². The molecular formula is C18H19Cl2N5O3. The summed E-state index contributed by atoms with van der Waals surface area (Å²) in [4.78, 5) is 24.3. The Morgan fingerprint density at radius 3 is 2.61 bits per heavy atom. The second-order valence-electron chi connectivity index (χ2n) is 6.60. The lowest BCUT2D eigenvalue weighted by atomic mass is 10.0. The first-order valence-electron chi connectivity index (χ1n) is 8.54. The first-order chi connectivity index (χ1) is 13.2. The van der Waals surface area contributed by atoms with Crippen LogP contribution in [0.3, 0.4) is 0 Å². The third-order valence-corrected chi connectivity index (χ3v) is 5.04. The van der Waals surface area contributed by atoms with Crippen LogP contribution in [0, 0.1) is 6.92 Å². The maximum absolute atomic E-state index is 12.2. The second-order valence-corrected chi connectivity index (χ2v) is 7.38. The average Bonchev–Trinajstić information content (AvgIpc) is 2.65. The number of carbonyl (C=O) groups excluding carboxylic acids is 1. The molecule has 0 spiro atoms. The van der Waals surface area contributed by atoms with Crippen LogP contribution in [0.15, 0.2) is 22.0 Å². The Morgan fingerprint density at radius 2 is 1.96 bits per heavy atom. The van der Waals surface area contributed by atoms with E-state index in [0.717, 1.165) is 0 Å². The van der Waals surface area contributed by atoms with Gasteiger partial charge in [0, 0.05) is 24.2 Å². The van der Waals surface area contributed by atoms with Gasteiger partial charge in [0.15, 0.2) is 11.5 Å². The molecule has 148 valence electrons. The van der Waals surface area contributed by atoms with Gasteiger partial charge < -0.3 is 10.1 Å². The molecule has 2 N–H and O–H groups in total. The Balaban J connectivity index is 2.05. The van der Waals surface area contributed by atoms with Crippen molar-refractivity contribution in [2.24, 2.45) is 12.1 Å². The van der Waals surface area contributed by atoms with Gasteiger partial charge in [0.2, 0.25) is 5.88 Å². The topological polar surface area (TPSA) is 97.6 Å². The van der Waals surface area contributed by atoms with Crippen molar-refractivity contribution in [2.75, 3.05) is 6.67 Å². The van der Waals surface area contributed by atoms with Gasteiger partial charge in [-0.05, 0) is 24.5 Å². The summed E-state index contributed by atoms with van der Waals surface area (Å²) >= 11 is 12.9. The van der Waals surface area contributed by atoms with Crippen LogP contribution >= 0.6 is 23.2 Å². The third-order valence-electron chi connectivity index (χ3n) is 4.31. The highest BCUT2D eigenvalue weighted by Crippen LogP contribution is 2.40. The minimum atomic E-state index is -0.330. The number of nitrogens with zero attached hydrogens (tertiary/aromatic N) is 3. The Hall–Kier alpha value is -2.58. The molecule has 1 amide bonds. The van der Waals surface area contributed by atoms with Gasteiger partial charge in [0.05, 0.1) is 10.0 Å². The number of benzene rings is 1. The molecule has 0 aliphatic carbocycles. The van der Waals surface area contributed by atoms with E-state index in [9.17, 15) is 9.59 Å². The Bertz CT molecular complexity index is 1050. The van der Waals surface area contributed by atoms with Crippen molar-refractivity contribution in [3.8, 4) is 11.6 Å². The SMILES string of the molecule is Cc1c(C2=NNCNC2=O)cc(Cl)c(Oc2cc(C(C)C)c(=O)n(C)n2)c1Cl. The highest BCUT2D eigenvalue weighted by atomic mass is 35.5. The lowest BCUT2D eigenvalue weighted by molar-refractivity contribution is -0.115. The summed E-state index contributed by atoms with van der Waals surface area (Å²) in [5, 5.41) is 11.2. The number of hydrazone groups is 1. The molecule has 0 radical (unpaired) electrons. The van der Waals surface area contributed by atoms with Crippen molar-refractivity contribution in [3.05, 3.63) is 49.2 Å². The van der Waals surface area contributed by atoms with Crippen molar-refractivity contribution in [2.45, 2.75) is 26.7 Å². The summed E-state index contributed by atoms with van der Waals surface area (Å²) in [5.41, 5.74) is 4.32. The molecule has 0 bridgehead atoms. The van der Waals surface area contributed by atoms with Crippen LogP contribution in [-0.4, -0.2) is 28.1 Å². The van der Waals surface area contributed by atoms with E-state index in [0.29, 0.717) is 16.7 Å².